The Kier molecular flexibility index (Phi) is 2.70. The van der Waals surface area contributed by atoms with Gasteiger partial charge in [-0.2, -0.15) is 0 Å². The number of esters is 1. The van der Waals surface area contributed by atoms with Crippen LogP contribution >= 0.6 is 0 Å². The van der Waals surface area contributed by atoms with Crippen molar-refractivity contribution in [2.45, 2.75) is 12.5 Å². The van der Waals surface area contributed by atoms with Gasteiger partial charge in [0.25, 0.3) is 5.91 Å². The molecule has 0 bridgehead atoms. The summed E-state index contributed by atoms with van der Waals surface area (Å²) < 4.78 is 17.8. The third-order valence-corrected chi connectivity index (χ3v) is 3.07. The first-order valence-corrected chi connectivity index (χ1v) is 5.89. The van der Waals surface area contributed by atoms with Gasteiger partial charge in [-0.25, -0.2) is 9.18 Å². The van der Waals surface area contributed by atoms with Gasteiger partial charge in [-0.1, -0.05) is 0 Å². The van der Waals surface area contributed by atoms with E-state index in [0.29, 0.717) is 24.2 Å². The number of nitrogens with one attached hydrogen (secondary N) is 2. The number of hydrogen-bond donors (Lipinski definition) is 2. The van der Waals surface area contributed by atoms with Gasteiger partial charge in [0.1, 0.15) is 17.6 Å². The summed E-state index contributed by atoms with van der Waals surface area (Å²) in [4.78, 5) is 26.0. The van der Waals surface area contributed by atoms with E-state index < -0.39 is 17.9 Å². The van der Waals surface area contributed by atoms with Crippen LogP contribution in [0.3, 0.4) is 0 Å². The van der Waals surface area contributed by atoms with Crippen LogP contribution in [0.15, 0.2) is 24.3 Å². The number of aromatic nitrogens is 1. The van der Waals surface area contributed by atoms with Crippen LogP contribution in [0.5, 0.6) is 0 Å². The zero-order chi connectivity index (χ0) is 13.4. The summed E-state index contributed by atoms with van der Waals surface area (Å²) in [5.74, 6) is -1.20. The minimum absolute atomic E-state index is 0.292. The predicted octanol–water partition coefficient (Wildman–Crippen LogP) is 1.35. The van der Waals surface area contributed by atoms with Gasteiger partial charge < -0.3 is 15.0 Å². The Balaban J connectivity index is 1.83. The zero-order valence-electron chi connectivity index (χ0n) is 9.90. The molecule has 1 atom stereocenters. The van der Waals surface area contributed by atoms with Crippen LogP contribution in [0.1, 0.15) is 16.9 Å². The van der Waals surface area contributed by atoms with Crippen LogP contribution in [-0.4, -0.2) is 29.5 Å². The number of cyclic esters (lactones) is 1. The lowest BCUT2D eigenvalue weighted by molar-refractivity contribution is -0.139. The highest BCUT2D eigenvalue weighted by atomic mass is 19.1. The molecular weight excluding hydrogens is 251 g/mol. The van der Waals surface area contributed by atoms with E-state index in [-0.39, 0.29) is 5.82 Å². The molecule has 0 spiro atoms. The van der Waals surface area contributed by atoms with Crippen LogP contribution in [0.2, 0.25) is 0 Å². The maximum Gasteiger partial charge on any atom is 0.328 e. The summed E-state index contributed by atoms with van der Waals surface area (Å²) in [5, 5.41) is 3.32. The third kappa shape index (κ3) is 2.16. The number of carbonyl (C=O) groups excluding carboxylic acids is 2. The lowest BCUT2D eigenvalue weighted by Crippen LogP contribution is -2.38. The van der Waals surface area contributed by atoms with Crippen LogP contribution in [0.25, 0.3) is 10.9 Å². The second-order valence-corrected chi connectivity index (χ2v) is 4.40. The van der Waals surface area contributed by atoms with Crippen molar-refractivity contribution in [2.75, 3.05) is 6.61 Å². The summed E-state index contributed by atoms with van der Waals surface area (Å²) in [6.07, 6.45) is 0.472. The lowest BCUT2D eigenvalue weighted by Gasteiger charge is -2.06. The SMILES string of the molecule is O=C(N[C@@H]1CCOC1=O)c1cc2ccc(F)cc2[nH]1. The molecule has 3 rings (SSSR count). The van der Waals surface area contributed by atoms with Crippen molar-refractivity contribution in [3.63, 3.8) is 0 Å². The Hall–Kier alpha value is -2.37. The second-order valence-electron chi connectivity index (χ2n) is 4.40. The fourth-order valence-corrected chi connectivity index (χ4v) is 2.08. The molecule has 1 aromatic carbocycles. The maximum atomic E-state index is 13.0. The Morgan fingerprint density at radius 3 is 3.00 bits per heavy atom. The third-order valence-electron chi connectivity index (χ3n) is 3.07. The van der Waals surface area contributed by atoms with Crippen LogP contribution in [0, 0.1) is 5.82 Å². The number of amides is 1. The maximum absolute atomic E-state index is 13.0. The molecule has 0 saturated carbocycles. The number of ether oxygens (including phenoxy) is 1. The van der Waals surface area contributed by atoms with Gasteiger partial charge in [-0.3, -0.25) is 4.79 Å². The van der Waals surface area contributed by atoms with E-state index in [9.17, 15) is 14.0 Å². The van der Waals surface area contributed by atoms with Crippen molar-refractivity contribution < 1.29 is 18.7 Å². The second kappa shape index (κ2) is 4.38. The Morgan fingerprint density at radius 2 is 2.26 bits per heavy atom. The fourth-order valence-electron chi connectivity index (χ4n) is 2.08. The molecule has 2 aromatic rings. The topological polar surface area (TPSA) is 71.2 Å². The molecular formula is C13H11FN2O3. The van der Waals surface area contributed by atoms with Crippen LogP contribution < -0.4 is 5.32 Å². The molecule has 5 nitrogen and oxygen atoms in total. The van der Waals surface area contributed by atoms with Crippen molar-refractivity contribution in [1.29, 1.82) is 0 Å². The van der Waals surface area contributed by atoms with E-state index in [1.165, 1.54) is 12.1 Å². The van der Waals surface area contributed by atoms with E-state index in [1.54, 1.807) is 12.1 Å². The molecule has 0 aliphatic carbocycles. The summed E-state index contributed by atoms with van der Waals surface area (Å²) in [5.41, 5.74) is 0.833. The summed E-state index contributed by atoms with van der Waals surface area (Å²) in [6.45, 7) is 0.321. The van der Waals surface area contributed by atoms with Gasteiger partial charge in [0.05, 0.1) is 6.61 Å². The minimum Gasteiger partial charge on any atom is -0.464 e. The van der Waals surface area contributed by atoms with Gasteiger partial charge in [0.2, 0.25) is 0 Å². The summed E-state index contributed by atoms with van der Waals surface area (Å²) >= 11 is 0. The highest BCUT2D eigenvalue weighted by molar-refractivity contribution is 5.99. The van der Waals surface area contributed by atoms with Gasteiger partial charge >= 0.3 is 5.97 Å². The monoisotopic (exact) mass is 262 g/mol. The quantitative estimate of drug-likeness (QED) is 0.802. The van der Waals surface area contributed by atoms with E-state index in [2.05, 4.69) is 10.3 Å². The first-order chi connectivity index (χ1) is 9.13. The summed E-state index contributed by atoms with van der Waals surface area (Å²) in [7, 11) is 0. The number of hydrogen-bond acceptors (Lipinski definition) is 3. The van der Waals surface area contributed by atoms with Gasteiger partial charge in [0.15, 0.2) is 0 Å². The zero-order valence-corrected chi connectivity index (χ0v) is 9.90. The first kappa shape index (κ1) is 11.7. The number of benzene rings is 1. The van der Waals surface area contributed by atoms with E-state index in [1.807, 2.05) is 0 Å². The Bertz CT molecular complexity index is 665. The van der Waals surface area contributed by atoms with E-state index in [4.69, 9.17) is 4.74 Å². The molecule has 6 heteroatoms. The lowest BCUT2D eigenvalue weighted by atomic mass is 10.2. The van der Waals surface area contributed by atoms with Crippen molar-refractivity contribution in [1.82, 2.24) is 10.3 Å². The minimum atomic E-state index is -0.601. The number of H-pyrrole nitrogens is 1. The molecule has 1 aromatic heterocycles. The average Bonchev–Trinajstić information content (AvgIpc) is 2.96. The molecule has 1 aliphatic heterocycles. The molecule has 2 N–H and O–H groups in total. The van der Waals surface area contributed by atoms with Crippen molar-refractivity contribution in [2.24, 2.45) is 0 Å². The molecule has 1 saturated heterocycles. The highest BCUT2D eigenvalue weighted by Crippen LogP contribution is 2.17. The van der Waals surface area contributed by atoms with Crippen molar-refractivity contribution in [3.05, 3.63) is 35.8 Å². The molecule has 19 heavy (non-hydrogen) atoms. The van der Waals surface area contributed by atoms with Crippen molar-refractivity contribution in [3.8, 4) is 0 Å². The smallest absolute Gasteiger partial charge is 0.328 e. The van der Waals surface area contributed by atoms with Crippen LogP contribution in [-0.2, 0) is 9.53 Å². The Labute approximate surface area is 107 Å². The highest BCUT2D eigenvalue weighted by Gasteiger charge is 2.28. The fraction of sp³-hybridized carbons (Fsp3) is 0.231. The van der Waals surface area contributed by atoms with Gasteiger partial charge in [0, 0.05) is 17.3 Å². The molecule has 1 amide bonds. The number of fused-ring (bicyclic) bond motifs is 1. The van der Waals surface area contributed by atoms with E-state index in [0.717, 1.165) is 5.39 Å². The first-order valence-electron chi connectivity index (χ1n) is 5.89. The average molecular weight is 262 g/mol. The molecule has 98 valence electrons. The standard InChI is InChI=1S/C13H11FN2O3/c14-8-2-1-7-5-11(15-10(7)6-8)12(17)16-9-3-4-19-13(9)18/h1-2,5-6,9,15H,3-4H2,(H,16,17)/t9-/m1/s1. The molecule has 1 fully saturated rings. The normalized spacial score (nSPS) is 18.6. The molecule has 2 heterocycles. The predicted molar refractivity (Wildman–Crippen MR) is 65.1 cm³/mol. The molecule has 0 unspecified atom stereocenters. The number of halogens is 1. The van der Waals surface area contributed by atoms with Crippen molar-refractivity contribution >= 4 is 22.8 Å². The van der Waals surface area contributed by atoms with Gasteiger partial charge in [-0.05, 0) is 24.3 Å². The van der Waals surface area contributed by atoms with Gasteiger partial charge in [-0.15, -0.1) is 0 Å². The largest absolute Gasteiger partial charge is 0.464 e. The van der Waals surface area contributed by atoms with E-state index >= 15 is 0 Å². The molecule has 0 radical (unpaired) electrons. The number of carbonyl (C=O) groups is 2. The van der Waals surface area contributed by atoms with Crippen LogP contribution in [0.4, 0.5) is 4.39 Å². The number of rotatable bonds is 2. The number of aromatic amines is 1. The summed E-state index contributed by atoms with van der Waals surface area (Å²) in [6, 6.07) is 5.24. The Morgan fingerprint density at radius 1 is 1.42 bits per heavy atom. The molecule has 1 aliphatic rings.